The van der Waals surface area contributed by atoms with E-state index in [0.29, 0.717) is 0 Å². The van der Waals surface area contributed by atoms with Gasteiger partial charge in [-0.05, 0) is 18.3 Å². The molecule has 0 heterocycles. The van der Waals surface area contributed by atoms with Gasteiger partial charge >= 0.3 is 10.4 Å². The van der Waals surface area contributed by atoms with Crippen LogP contribution in [0.1, 0.15) is 85.0 Å². The summed E-state index contributed by atoms with van der Waals surface area (Å²) in [5.41, 5.74) is 0. The molecule has 0 aliphatic rings. The fourth-order valence-corrected chi connectivity index (χ4v) is 3.02. The van der Waals surface area contributed by atoms with Crippen molar-refractivity contribution in [3.05, 3.63) is 0 Å². The smallest absolute Gasteiger partial charge is 0.264 e. The van der Waals surface area contributed by atoms with Gasteiger partial charge in [-0.15, -0.1) is 0 Å². The van der Waals surface area contributed by atoms with Gasteiger partial charge in [-0.25, -0.2) is 4.18 Å². The zero-order chi connectivity index (χ0) is 16.1. The molecule has 0 aromatic carbocycles. The van der Waals surface area contributed by atoms with E-state index in [4.69, 9.17) is 4.55 Å². The molecule has 128 valence electrons. The van der Waals surface area contributed by atoms with Crippen molar-refractivity contribution in [1.29, 1.82) is 0 Å². The van der Waals surface area contributed by atoms with Crippen LogP contribution >= 0.6 is 0 Å². The van der Waals surface area contributed by atoms with Crippen molar-refractivity contribution in [3.63, 3.8) is 0 Å². The van der Waals surface area contributed by atoms with Gasteiger partial charge in [0.25, 0.3) is 0 Å². The maximum Gasteiger partial charge on any atom is 0.397 e. The average molecular weight is 323 g/mol. The molecule has 0 amide bonds. The Morgan fingerprint density at radius 3 is 1.81 bits per heavy atom. The van der Waals surface area contributed by atoms with Crippen LogP contribution in [0.15, 0.2) is 0 Å². The summed E-state index contributed by atoms with van der Waals surface area (Å²) in [5.74, 6) is 1.04. The van der Waals surface area contributed by atoms with Gasteiger partial charge in [0, 0.05) is 0 Å². The summed E-state index contributed by atoms with van der Waals surface area (Å²) < 4.78 is 33.7. The molecule has 0 saturated carbocycles. The van der Waals surface area contributed by atoms with E-state index in [1.807, 2.05) is 6.92 Å². The van der Waals surface area contributed by atoms with Crippen LogP contribution in [0.4, 0.5) is 0 Å². The Morgan fingerprint density at radius 2 is 1.33 bits per heavy atom. The third kappa shape index (κ3) is 16.1. The fourth-order valence-electron chi connectivity index (χ4n) is 2.62. The molecular formula is C16H34O4S. The Balaban J connectivity index is 3.32. The van der Waals surface area contributed by atoms with Crippen LogP contribution < -0.4 is 0 Å². The molecule has 0 fully saturated rings. The Bertz CT molecular complexity index is 327. The SMILES string of the molecule is CCCC(C)CCCCCCCCC(C)COS(=O)(=O)O. The van der Waals surface area contributed by atoms with E-state index in [2.05, 4.69) is 18.0 Å². The van der Waals surface area contributed by atoms with Crippen LogP contribution in [0.3, 0.4) is 0 Å². The van der Waals surface area contributed by atoms with E-state index in [9.17, 15) is 8.42 Å². The first-order valence-corrected chi connectivity index (χ1v) is 9.83. The lowest BCUT2D eigenvalue weighted by molar-refractivity contribution is 0.222. The van der Waals surface area contributed by atoms with Crippen molar-refractivity contribution >= 4 is 10.4 Å². The highest BCUT2D eigenvalue weighted by molar-refractivity contribution is 7.80. The third-order valence-corrected chi connectivity index (χ3v) is 4.36. The predicted molar refractivity (Wildman–Crippen MR) is 87.7 cm³/mol. The van der Waals surface area contributed by atoms with Crippen LogP contribution in [-0.4, -0.2) is 19.6 Å². The molecule has 0 aliphatic heterocycles. The van der Waals surface area contributed by atoms with Crippen molar-refractivity contribution < 1.29 is 17.2 Å². The normalized spacial score (nSPS) is 15.0. The van der Waals surface area contributed by atoms with E-state index in [0.717, 1.165) is 18.8 Å². The van der Waals surface area contributed by atoms with E-state index in [1.165, 1.54) is 51.4 Å². The lowest BCUT2D eigenvalue weighted by Crippen LogP contribution is -2.11. The van der Waals surface area contributed by atoms with Crippen molar-refractivity contribution in [2.45, 2.75) is 85.0 Å². The highest BCUT2D eigenvalue weighted by Crippen LogP contribution is 2.17. The molecule has 5 heteroatoms. The maximum absolute atomic E-state index is 10.4. The molecule has 2 atom stereocenters. The molecular weight excluding hydrogens is 288 g/mol. The molecule has 0 bridgehead atoms. The lowest BCUT2D eigenvalue weighted by Gasteiger charge is -2.10. The number of unbranched alkanes of at least 4 members (excludes halogenated alkanes) is 5. The minimum atomic E-state index is -4.28. The second-order valence-corrected chi connectivity index (χ2v) is 7.50. The summed E-state index contributed by atoms with van der Waals surface area (Å²) in [6, 6.07) is 0. The Hall–Kier alpha value is -0.130. The Morgan fingerprint density at radius 1 is 0.857 bits per heavy atom. The minimum absolute atomic E-state index is 0.0775. The quantitative estimate of drug-likeness (QED) is 0.361. The monoisotopic (exact) mass is 322 g/mol. The molecule has 0 saturated heterocycles. The van der Waals surface area contributed by atoms with Crippen LogP contribution in [0.2, 0.25) is 0 Å². The van der Waals surface area contributed by atoms with Crippen molar-refractivity contribution in [2.75, 3.05) is 6.61 Å². The average Bonchev–Trinajstić information content (AvgIpc) is 2.39. The minimum Gasteiger partial charge on any atom is -0.264 e. The van der Waals surface area contributed by atoms with Crippen LogP contribution in [0, 0.1) is 11.8 Å². The van der Waals surface area contributed by atoms with Gasteiger partial charge in [-0.2, -0.15) is 8.42 Å². The number of hydrogen-bond donors (Lipinski definition) is 1. The van der Waals surface area contributed by atoms with Gasteiger partial charge in [0.1, 0.15) is 0 Å². The molecule has 0 spiro atoms. The fraction of sp³-hybridized carbons (Fsp3) is 1.00. The van der Waals surface area contributed by atoms with Crippen LogP contribution in [0.5, 0.6) is 0 Å². The topological polar surface area (TPSA) is 63.6 Å². The van der Waals surface area contributed by atoms with Crippen molar-refractivity contribution in [3.8, 4) is 0 Å². The summed E-state index contributed by atoms with van der Waals surface area (Å²) in [6.07, 6.45) is 12.5. The molecule has 21 heavy (non-hydrogen) atoms. The Labute approximate surface area is 131 Å². The largest absolute Gasteiger partial charge is 0.397 e. The maximum atomic E-state index is 10.4. The van der Waals surface area contributed by atoms with Gasteiger partial charge in [-0.1, -0.05) is 78.6 Å². The first kappa shape index (κ1) is 20.9. The first-order chi connectivity index (χ1) is 9.85. The van der Waals surface area contributed by atoms with Gasteiger partial charge in [0.15, 0.2) is 0 Å². The van der Waals surface area contributed by atoms with Crippen molar-refractivity contribution in [2.24, 2.45) is 11.8 Å². The molecule has 0 radical (unpaired) electrons. The van der Waals surface area contributed by atoms with Crippen LogP contribution in [-0.2, 0) is 14.6 Å². The number of rotatable bonds is 14. The number of hydrogen-bond acceptors (Lipinski definition) is 3. The second-order valence-electron chi connectivity index (χ2n) is 6.41. The molecule has 0 rings (SSSR count). The van der Waals surface area contributed by atoms with Crippen LogP contribution in [0.25, 0.3) is 0 Å². The highest BCUT2D eigenvalue weighted by atomic mass is 32.3. The zero-order valence-corrected chi connectivity index (χ0v) is 14.8. The molecule has 2 unspecified atom stereocenters. The summed E-state index contributed by atoms with van der Waals surface area (Å²) >= 11 is 0. The Kier molecular flexibility index (Phi) is 12.3. The molecule has 0 aromatic heterocycles. The molecule has 0 aliphatic carbocycles. The van der Waals surface area contributed by atoms with Gasteiger partial charge in [0.05, 0.1) is 6.61 Å². The molecule has 4 nitrogen and oxygen atoms in total. The van der Waals surface area contributed by atoms with Gasteiger partial charge < -0.3 is 0 Å². The zero-order valence-electron chi connectivity index (χ0n) is 14.0. The third-order valence-electron chi connectivity index (χ3n) is 3.93. The molecule has 1 N–H and O–H groups in total. The summed E-state index contributed by atoms with van der Waals surface area (Å²) in [4.78, 5) is 0. The van der Waals surface area contributed by atoms with E-state index < -0.39 is 10.4 Å². The van der Waals surface area contributed by atoms with Crippen molar-refractivity contribution in [1.82, 2.24) is 0 Å². The van der Waals surface area contributed by atoms with E-state index in [1.54, 1.807) is 0 Å². The first-order valence-electron chi connectivity index (χ1n) is 8.47. The summed E-state index contributed by atoms with van der Waals surface area (Å²) in [7, 11) is -4.28. The van der Waals surface area contributed by atoms with E-state index >= 15 is 0 Å². The summed E-state index contributed by atoms with van der Waals surface area (Å²) in [5, 5.41) is 0. The predicted octanol–water partition coefficient (Wildman–Crippen LogP) is 5.00. The van der Waals surface area contributed by atoms with Gasteiger partial charge in [-0.3, -0.25) is 4.55 Å². The van der Waals surface area contributed by atoms with Gasteiger partial charge in [0.2, 0.25) is 0 Å². The molecule has 0 aromatic rings. The standard InChI is InChI=1S/C16H34O4S/c1-4-11-15(2)12-9-7-5-6-8-10-13-16(3)14-20-21(17,18)19/h15-16H,4-14H2,1-3H3,(H,17,18,19). The highest BCUT2D eigenvalue weighted by Gasteiger charge is 2.09. The second kappa shape index (κ2) is 12.4. The lowest BCUT2D eigenvalue weighted by atomic mass is 9.97. The van der Waals surface area contributed by atoms with E-state index in [-0.39, 0.29) is 12.5 Å². The summed E-state index contributed by atoms with van der Waals surface area (Å²) in [6.45, 7) is 6.62.